The summed E-state index contributed by atoms with van der Waals surface area (Å²) in [7, 11) is 1.66. The third-order valence-corrected chi connectivity index (χ3v) is 4.74. The van der Waals surface area contributed by atoms with E-state index in [-0.39, 0.29) is 11.9 Å². The second kappa shape index (κ2) is 7.90. The van der Waals surface area contributed by atoms with Crippen LogP contribution in [0.4, 0.5) is 4.39 Å². The highest BCUT2D eigenvalue weighted by Crippen LogP contribution is 2.30. The molecule has 2 heterocycles. The van der Waals surface area contributed by atoms with Crippen molar-refractivity contribution in [2.24, 2.45) is 0 Å². The lowest BCUT2D eigenvalue weighted by atomic mass is 10.1. The Balaban J connectivity index is 1.40. The van der Waals surface area contributed by atoms with Gasteiger partial charge in [0.05, 0.1) is 25.5 Å². The van der Waals surface area contributed by atoms with Crippen LogP contribution in [0.25, 0.3) is 11.3 Å². The summed E-state index contributed by atoms with van der Waals surface area (Å²) in [5.41, 5.74) is 2.51. The van der Waals surface area contributed by atoms with Gasteiger partial charge in [-0.1, -0.05) is 30.3 Å². The van der Waals surface area contributed by atoms with Crippen LogP contribution >= 0.6 is 0 Å². The maximum atomic E-state index is 13.7. The molecule has 0 spiro atoms. The van der Waals surface area contributed by atoms with Gasteiger partial charge in [-0.2, -0.15) is 0 Å². The predicted octanol–water partition coefficient (Wildman–Crippen LogP) is 3.39. The SMILES string of the molecule is COc1ccccc1-c1cn2c(n1)CO[C@@H](CNCc1ccccc1F)C2. The van der Waals surface area contributed by atoms with Crippen molar-refractivity contribution in [2.75, 3.05) is 13.7 Å². The van der Waals surface area contributed by atoms with E-state index in [1.807, 2.05) is 36.5 Å². The number of nitrogens with one attached hydrogen (secondary N) is 1. The number of hydrogen-bond acceptors (Lipinski definition) is 4. The predicted molar refractivity (Wildman–Crippen MR) is 101 cm³/mol. The molecule has 1 N–H and O–H groups in total. The molecule has 1 aliphatic heterocycles. The van der Waals surface area contributed by atoms with Gasteiger partial charge in [-0.25, -0.2) is 9.37 Å². The van der Waals surface area contributed by atoms with Crippen LogP contribution in [0.1, 0.15) is 11.4 Å². The third-order valence-electron chi connectivity index (χ3n) is 4.74. The fourth-order valence-electron chi connectivity index (χ4n) is 3.31. The number of methoxy groups -OCH3 is 1. The van der Waals surface area contributed by atoms with Crippen molar-refractivity contribution < 1.29 is 13.9 Å². The Morgan fingerprint density at radius 2 is 2.04 bits per heavy atom. The Kier molecular flexibility index (Phi) is 5.18. The van der Waals surface area contributed by atoms with Crippen LogP contribution in [0.5, 0.6) is 5.75 Å². The first-order chi connectivity index (χ1) is 13.2. The first-order valence-corrected chi connectivity index (χ1v) is 9.00. The molecule has 0 bridgehead atoms. The van der Waals surface area contributed by atoms with E-state index in [2.05, 4.69) is 9.88 Å². The lowest BCUT2D eigenvalue weighted by Gasteiger charge is -2.24. The molecule has 0 radical (unpaired) electrons. The highest BCUT2D eigenvalue weighted by Gasteiger charge is 2.22. The van der Waals surface area contributed by atoms with Crippen molar-refractivity contribution in [3.63, 3.8) is 0 Å². The Morgan fingerprint density at radius 3 is 2.89 bits per heavy atom. The van der Waals surface area contributed by atoms with Crippen LogP contribution in [0.3, 0.4) is 0 Å². The molecule has 0 saturated carbocycles. The number of rotatable bonds is 6. The maximum Gasteiger partial charge on any atom is 0.135 e. The molecule has 3 aromatic rings. The molecule has 0 aliphatic carbocycles. The first kappa shape index (κ1) is 17.7. The van der Waals surface area contributed by atoms with Crippen LogP contribution in [-0.4, -0.2) is 29.3 Å². The lowest BCUT2D eigenvalue weighted by Crippen LogP contribution is -2.36. The molecule has 5 nitrogen and oxygen atoms in total. The smallest absolute Gasteiger partial charge is 0.135 e. The number of para-hydroxylation sites is 1. The zero-order valence-electron chi connectivity index (χ0n) is 15.2. The second-order valence-electron chi connectivity index (χ2n) is 6.55. The summed E-state index contributed by atoms with van der Waals surface area (Å²) in [6, 6.07) is 14.7. The molecule has 140 valence electrons. The van der Waals surface area contributed by atoms with Crippen molar-refractivity contribution in [2.45, 2.75) is 25.8 Å². The van der Waals surface area contributed by atoms with E-state index in [1.54, 1.807) is 19.2 Å². The summed E-state index contributed by atoms with van der Waals surface area (Å²) in [6.45, 7) is 2.30. The molecule has 0 fully saturated rings. The van der Waals surface area contributed by atoms with Gasteiger partial charge in [-0.15, -0.1) is 0 Å². The average molecular weight is 367 g/mol. The van der Waals surface area contributed by atoms with E-state index in [9.17, 15) is 4.39 Å². The Morgan fingerprint density at radius 1 is 1.22 bits per heavy atom. The van der Waals surface area contributed by atoms with Gasteiger partial charge in [0.1, 0.15) is 24.0 Å². The molecule has 0 unspecified atom stereocenters. The minimum atomic E-state index is -0.187. The van der Waals surface area contributed by atoms with Gasteiger partial charge in [0.25, 0.3) is 0 Å². The number of aromatic nitrogens is 2. The largest absolute Gasteiger partial charge is 0.496 e. The van der Waals surface area contributed by atoms with E-state index in [1.165, 1.54) is 6.07 Å². The minimum Gasteiger partial charge on any atom is -0.496 e. The summed E-state index contributed by atoms with van der Waals surface area (Å²) in [5, 5.41) is 3.28. The number of hydrogen-bond donors (Lipinski definition) is 1. The molecule has 6 heteroatoms. The van der Waals surface area contributed by atoms with Gasteiger partial charge in [0.15, 0.2) is 0 Å². The summed E-state index contributed by atoms with van der Waals surface area (Å²) in [5.74, 6) is 1.52. The van der Waals surface area contributed by atoms with Crippen molar-refractivity contribution in [1.82, 2.24) is 14.9 Å². The van der Waals surface area contributed by atoms with Gasteiger partial charge < -0.3 is 19.4 Å². The standard InChI is InChI=1S/C21H22FN3O2/c1-26-20-9-5-3-7-17(20)19-13-25-12-16(27-14-21(25)24-19)11-23-10-15-6-2-4-8-18(15)22/h2-9,13,16,23H,10-12,14H2,1H3/t16-/m0/s1. The van der Waals surface area contributed by atoms with Crippen LogP contribution in [0.2, 0.25) is 0 Å². The molecule has 2 aromatic carbocycles. The van der Waals surface area contributed by atoms with Gasteiger partial charge in [-0.3, -0.25) is 0 Å². The summed E-state index contributed by atoms with van der Waals surface area (Å²) in [4.78, 5) is 4.69. The molecular weight excluding hydrogens is 345 g/mol. The summed E-state index contributed by atoms with van der Waals surface area (Å²) in [6.07, 6.45) is 2.06. The zero-order chi connectivity index (χ0) is 18.6. The van der Waals surface area contributed by atoms with Gasteiger partial charge in [-0.05, 0) is 18.2 Å². The van der Waals surface area contributed by atoms with Gasteiger partial charge in [0, 0.05) is 30.4 Å². The monoisotopic (exact) mass is 367 g/mol. The fourth-order valence-corrected chi connectivity index (χ4v) is 3.31. The number of ether oxygens (including phenoxy) is 2. The van der Waals surface area contributed by atoms with E-state index in [0.717, 1.165) is 22.8 Å². The van der Waals surface area contributed by atoms with Crippen molar-refractivity contribution in [1.29, 1.82) is 0 Å². The molecule has 0 amide bonds. The number of imidazole rings is 1. The molecule has 4 rings (SSSR count). The van der Waals surface area contributed by atoms with E-state index >= 15 is 0 Å². The van der Waals surface area contributed by atoms with Gasteiger partial charge >= 0.3 is 0 Å². The maximum absolute atomic E-state index is 13.7. The summed E-state index contributed by atoms with van der Waals surface area (Å²) < 4.78 is 27.2. The Hall–Kier alpha value is -2.70. The van der Waals surface area contributed by atoms with Crippen LogP contribution in [0.15, 0.2) is 54.7 Å². The molecule has 1 aromatic heterocycles. The topological polar surface area (TPSA) is 48.3 Å². The molecular formula is C21H22FN3O2. The molecule has 0 saturated heterocycles. The number of fused-ring (bicyclic) bond motifs is 1. The van der Waals surface area contributed by atoms with Crippen molar-refractivity contribution in [3.8, 4) is 17.0 Å². The summed E-state index contributed by atoms with van der Waals surface area (Å²) >= 11 is 0. The van der Waals surface area contributed by atoms with E-state index in [0.29, 0.717) is 31.8 Å². The normalized spacial score (nSPS) is 16.1. The van der Waals surface area contributed by atoms with Crippen LogP contribution < -0.4 is 10.1 Å². The van der Waals surface area contributed by atoms with Crippen LogP contribution in [-0.2, 0) is 24.4 Å². The number of nitrogens with zero attached hydrogens (tertiary/aromatic N) is 2. The Labute approximate surface area is 157 Å². The zero-order valence-corrected chi connectivity index (χ0v) is 15.2. The highest BCUT2D eigenvalue weighted by molar-refractivity contribution is 5.66. The van der Waals surface area contributed by atoms with Gasteiger partial charge in [0.2, 0.25) is 0 Å². The van der Waals surface area contributed by atoms with Crippen LogP contribution in [0, 0.1) is 5.82 Å². The fraction of sp³-hybridized carbons (Fsp3) is 0.286. The third kappa shape index (κ3) is 3.86. The minimum absolute atomic E-state index is 0.0176. The van der Waals surface area contributed by atoms with E-state index < -0.39 is 0 Å². The second-order valence-corrected chi connectivity index (χ2v) is 6.55. The molecule has 27 heavy (non-hydrogen) atoms. The quantitative estimate of drug-likeness (QED) is 0.726. The Bertz CT molecular complexity index is 925. The van der Waals surface area contributed by atoms with Crippen molar-refractivity contribution in [3.05, 3.63) is 71.9 Å². The van der Waals surface area contributed by atoms with Crippen molar-refractivity contribution >= 4 is 0 Å². The average Bonchev–Trinajstić information content (AvgIpc) is 3.12. The molecule has 1 atom stereocenters. The number of halogens is 1. The first-order valence-electron chi connectivity index (χ1n) is 9.00. The van der Waals surface area contributed by atoms with E-state index in [4.69, 9.17) is 14.5 Å². The number of benzene rings is 2. The molecule has 1 aliphatic rings. The highest BCUT2D eigenvalue weighted by atomic mass is 19.1. The lowest BCUT2D eigenvalue weighted by molar-refractivity contribution is 0.00275.